The monoisotopic (exact) mass is 1170 g/mol. The Morgan fingerprint density at radius 3 is 1.58 bits per heavy atom. The summed E-state index contributed by atoms with van der Waals surface area (Å²) in [6, 6.07) is 64.8. The number of anilines is 3. The summed E-state index contributed by atoms with van der Waals surface area (Å²) >= 11 is 1.72. The molecule has 0 saturated carbocycles. The maximum Gasteiger partial charge on any atom is 0.253 e. The molecule has 11 aromatic rings. The number of benzene rings is 10. The van der Waals surface area contributed by atoms with E-state index in [4.69, 9.17) is 44.0 Å². The van der Waals surface area contributed by atoms with Crippen molar-refractivity contribution >= 4 is 140 Å². The zero-order valence-corrected chi connectivity index (χ0v) is 54.1. The van der Waals surface area contributed by atoms with Crippen LogP contribution in [0.4, 0.5) is 17.1 Å². The van der Waals surface area contributed by atoms with Gasteiger partial charge in [-0.1, -0.05) is 184 Å². The second-order valence-electron chi connectivity index (χ2n) is 28.4. The molecule has 10 aromatic carbocycles. The number of aromatic nitrogens is 1. The SMILES string of the molecule is [B]c1c([B])c([B])c(N(c2ccccc2)c2ccc(C#N)cc2-c2ccc3c(c2)Sc2cc(-c4cc(C(C)(C)C)cc(C(C)(C)C)c4)cc4c2B3c2ccc(-c3cc(-n5c6ccc(C(C)(C)C)cc6c6cc(C(C)(C)C)ccc65)ccc3C#N)cc2O4)c([B])c1[B]. The van der Waals surface area contributed by atoms with Crippen LogP contribution in [0.25, 0.3) is 60.9 Å². The van der Waals surface area contributed by atoms with Gasteiger partial charge in [0.25, 0.3) is 6.71 Å². The predicted octanol–water partition coefficient (Wildman–Crippen LogP) is 13.2. The van der Waals surface area contributed by atoms with Crippen LogP contribution in [0.1, 0.15) is 116 Å². The largest absolute Gasteiger partial charge is 0.458 e. The number of fused-ring (bicyclic) bond motifs is 7. The first-order valence-electron chi connectivity index (χ1n) is 30.6. The second kappa shape index (κ2) is 21.8. The summed E-state index contributed by atoms with van der Waals surface area (Å²) in [6.07, 6.45) is 0. The Balaban J connectivity index is 1.00. The summed E-state index contributed by atoms with van der Waals surface area (Å²) in [5, 5.41) is 23.9. The lowest BCUT2D eigenvalue weighted by Gasteiger charge is -2.35. The van der Waals surface area contributed by atoms with E-state index in [1.54, 1.807) is 17.8 Å². The van der Waals surface area contributed by atoms with E-state index in [9.17, 15) is 10.5 Å². The molecule has 0 unspecified atom stereocenters. The van der Waals surface area contributed by atoms with Crippen LogP contribution in [0, 0.1) is 22.7 Å². The molecule has 0 saturated heterocycles. The zero-order chi connectivity index (χ0) is 63.8. The molecule has 0 aliphatic carbocycles. The van der Waals surface area contributed by atoms with Gasteiger partial charge >= 0.3 is 0 Å². The summed E-state index contributed by atoms with van der Waals surface area (Å²) in [6.45, 7) is 26.9. The first kappa shape index (κ1) is 60.2. The van der Waals surface area contributed by atoms with E-state index in [-0.39, 0.29) is 55.7 Å². The molecular formula is C78H64B6N4OS. The molecule has 0 bridgehead atoms. The smallest absolute Gasteiger partial charge is 0.253 e. The Bertz CT molecular complexity index is 4800. The average molecular weight is 1170 g/mol. The molecule has 12 heteroatoms. The predicted molar refractivity (Wildman–Crippen MR) is 385 cm³/mol. The van der Waals surface area contributed by atoms with Gasteiger partial charge in [-0.15, -0.1) is 16.4 Å². The average Bonchev–Trinajstić information content (AvgIpc) is 1.00. The lowest BCUT2D eigenvalue weighted by atomic mass is 9.35. The molecule has 0 atom stereocenters. The van der Waals surface area contributed by atoms with Gasteiger partial charge in [-0.2, -0.15) is 10.5 Å². The van der Waals surface area contributed by atoms with Gasteiger partial charge in [0.2, 0.25) is 0 Å². The fourth-order valence-corrected chi connectivity index (χ4v) is 14.2. The zero-order valence-electron chi connectivity index (χ0n) is 53.2. The summed E-state index contributed by atoms with van der Waals surface area (Å²) in [7, 11) is 33.3. The Kier molecular flexibility index (Phi) is 14.6. The van der Waals surface area contributed by atoms with E-state index < -0.39 is 0 Å². The lowest BCUT2D eigenvalue weighted by molar-refractivity contribution is 0.486. The molecule has 90 heavy (non-hydrogen) atoms. The summed E-state index contributed by atoms with van der Waals surface area (Å²) in [5.74, 6) is 1.49. The molecular weight excluding hydrogens is 1110 g/mol. The van der Waals surface area contributed by atoms with Gasteiger partial charge in [0.05, 0.1) is 40.0 Å². The Morgan fingerprint density at radius 2 is 1.00 bits per heavy atom. The van der Waals surface area contributed by atoms with Crippen molar-refractivity contribution in [3.8, 4) is 62.7 Å². The molecule has 1 aromatic heterocycles. The van der Waals surface area contributed by atoms with Crippen LogP contribution in [0.5, 0.6) is 11.5 Å². The van der Waals surface area contributed by atoms with Crippen LogP contribution in [-0.4, -0.2) is 50.5 Å². The third-order valence-corrected chi connectivity index (χ3v) is 19.4. The van der Waals surface area contributed by atoms with E-state index in [0.717, 1.165) is 87.7 Å². The number of nitriles is 2. The van der Waals surface area contributed by atoms with Crippen molar-refractivity contribution in [3.63, 3.8) is 0 Å². The second-order valence-corrected chi connectivity index (χ2v) is 29.5. The molecule has 2 aliphatic heterocycles. The molecule has 0 amide bonds. The minimum Gasteiger partial charge on any atom is -0.458 e. The molecule has 0 fully saturated rings. The van der Waals surface area contributed by atoms with E-state index in [0.29, 0.717) is 28.3 Å². The number of ether oxygens (including phenoxy) is 1. The maximum atomic E-state index is 11.0. The fourth-order valence-electron chi connectivity index (χ4n) is 13.0. The van der Waals surface area contributed by atoms with Gasteiger partial charge in [-0.3, -0.25) is 0 Å². The molecule has 5 nitrogen and oxygen atoms in total. The molecule has 13 rings (SSSR count). The van der Waals surface area contributed by atoms with Gasteiger partial charge in [0.1, 0.15) is 50.7 Å². The van der Waals surface area contributed by atoms with Gasteiger partial charge in [0, 0.05) is 48.8 Å². The number of hydrogen-bond donors (Lipinski definition) is 0. The summed E-state index contributed by atoms with van der Waals surface area (Å²) in [4.78, 5) is 4.06. The van der Waals surface area contributed by atoms with E-state index in [1.165, 1.54) is 33.0 Å². The van der Waals surface area contributed by atoms with Crippen molar-refractivity contribution in [1.29, 1.82) is 10.5 Å². The molecule has 426 valence electrons. The number of hydrogen-bond acceptors (Lipinski definition) is 5. The molecule has 0 N–H and O–H groups in total. The minimum absolute atomic E-state index is 0.0453. The van der Waals surface area contributed by atoms with E-state index >= 15 is 0 Å². The molecule has 0 spiro atoms. The van der Waals surface area contributed by atoms with Crippen LogP contribution in [-0.2, 0) is 21.7 Å². The molecule has 3 heterocycles. The summed E-state index contributed by atoms with van der Waals surface area (Å²) < 4.78 is 9.68. The van der Waals surface area contributed by atoms with Gasteiger partial charge in [-0.05, 0) is 174 Å². The molecule has 2 aliphatic rings. The Morgan fingerprint density at radius 1 is 0.456 bits per heavy atom. The third kappa shape index (κ3) is 10.3. The van der Waals surface area contributed by atoms with Crippen molar-refractivity contribution in [2.45, 2.75) is 115 Å². The quantitative estimate of drug-likeness (QED) is 0.149. The maximum absolute atomic E-state index is 11.0. The van der Waals surface area contributed by atoms with Crippen molar-refractivity contribution in [2.75, 3.05) is 4.90 Å². The van der Waals surface area contributed by atoms with Crippen molar-refractivity contribution < 1.29 is 4.74 Å². The Labute approximate surface area is 542 Å². The number of para-hydroxylation sites is 1. The Hall–Kier alpha value is -8.68. The number of nitrogens with zero attached hydrogens (tertiary/aromatic N) is 4. The number of rotatable bonds is 7. The van der Waals surface area contributed by atoms with E-state index in [1.807, 2.05) is 53.4 Å². The van der Waals surface area contributed by atoms with Crippen molar-refractivity contribution in [3.05, 3.63) is 203 Å². The van der Waals surface area contributed by atoms with Gasteiger partial charge in [0.15, 0.2) is 0 Å². The highest BCUT2D eigenvalue weighted by molar-refractivity contribution is 8.00. The summed E-state index contributed by atoms with van der Waals surface area (Å²) in [5.41, 5.74) is 20.1. The van der Waals surface area contributed by atoms with Crippen LogP contribution < -0.4 is 53.3 Å². The highest BCUT2D eigenvalue weighted by atomic mass is 32.2. The van der Waals surface area contributed by atoms with Gasteiger partial charge in [-0.25, -0.2) is 0 Å². The first-order chi connectivity index (χ1) is 42.6. The van der Waals surface area contributed by atoms with Crippen LogP contribution in [0.2, 0.25) is 0 Å². The van der Waals surface area contributed by atoms with Crippen LogP contribution in [0.3, 0.4) is 0 Å². The topological polar surface area (TPSA) is 65.0 Å². The lowest BCUT2D eigenvalue weighted by Crippen LogP contribution is -2.57. The first-order valence-corrected chi connectivity index (χ1v) is 31.5. The van der Waals surface area contributed by atoms with Crippen molar-refractivity contribution in [2.24, 2.45) is 0 Å². The molecule has 10 radical (unpaired) electrons. The normalized spacial score (nSPS) is 12.9. The fraction of sp³-hybridized carbons (Fsp3) is 0.205. The minimum atomic E-state index is -0.236. The van der Waals surface area contributed by atoms with Gasteiger partial charge < -0.3 is 14.2 Å². The third-order valence-electron chi connectivity index (χ3n) is 18.3. The highest BCUT2D eigenvalue weighted by Crippen LogP contribution is 2.47. The van der Waals surface area contributed by atoms with Crippen LogP contribution in [0.15, 0.2) is 180 Å². The standard InChI is InChI=1S/C78H64B6N4OS/c1-75(2,3)49-22-28-62-57(38-49)58-39-50(76(4,5)6)23-29-63(58)87(62)54-24-19-46(42-86)55(40-54)44-20-25-59-64(33-44)89-65-34-48(47-31-51(77(7,8)9)37-52(32-47)78(10,11)12)36-67-73(65)84(59)60-26-21-45(35-66(60)90-67)56-30-43(41-85)18-27-61(56)88(53-16-14-13-15-17-53)74-71(82)69(80)68(79)70(81)72(74)83/h13-40H,1-12H3. The van der Waals surface area contributed by atoms with E-state index in [2.05, 4.69) is 215 Å². The van der Waals surface area contributed by atoms with Crippen molar-refractivity contribution in [1.82, 2.24) is 4.57 Å². The van der Waals surface area contributed by atoms with Crippen LogP contribution >= 0.6 is 11.8 Å². The highest BCUT2D eigenvalue weighted by Gasteiger charge is 2.40.